The van der Waals surface area contributed by atoms with Crippen molar-refractivity contribution in [1.82, 2.24) is 4.98 Å². The van der Waals surface area contributed by atoms with Gasteiger partial charge in [-0.3, -0.25) is 0 Å². The van der Waals surface area contributed by atoms with Crippen LogP contribution in [0.1, 0.15) is 16.7 Å². The molecular weight excluding hydrogens is 302 g/mol. The second kappa shape index (κ2) is 7.28. The highest BCUT2D eigenvalue weighted by molar-refractivity contribution is 5.85. The van der Waals surface area contributed by atoms with Gasteiger partial charge in [0.25, 0.3) is 0 Å². The Morgan fingerprint density at radius 1 is 1.14 bits per heavy atom. The third kappa shape index (κ3) is 2.94. The van der Waals surface area contributed by atoms with Crippen LogP contribution in [-0.2, 0) is 6.54 Å². The molecule has 0 aliphatic carbocycles. The normalized spacial score (nSPS) is 9.27. The first-order valence-electron chi connectivity index (χ1n) is 6.13. The summed E-state index contributed by atoms with van der Waals surface area (Å²) in [6, 6.07) is 11.3. The topological polar surface area (TPSA) is 122 Å². The highest BCUT2D eigenvalue weighted by atomic mass is 35.5. The molecule has 0 unspecified atom stereocenters. The maximum Gasteiger partial charge on any atom is 0.234 e. The van der Waals surface area contributed by atoms with Gasteiger partial charge >= 0.3 is 0 Å². The van der Waals surface area contributed by atoms with Crippen LogP contribution in [0.25, 0.3) is 11.1 Å². The van der Waals surface area contributed by atoms with Gasteiger partial charge in [-0.1, -0.05) is 24.3 Å². The summed E-state index contributed by atoms with van der Waals surface area (Å²) in [4.78, 5) is 3.94. The van der Waals surface area contributed by atoms with Crippen LogP contribution in [0, 0.1) is 22.7 Å². The number of hydrogen-bond donors (Lipinski definition) is 2. The number of pyridine rings is 1. The van der Waals surface area contributed by atoms with Crippen molar-refractivity contribution in [3.05, 3.63) is 41.0 Å². The van der Waals surface area contributed by atoms with Crippen molar-refractivity contribution in [2.24, 2.45) is 5.73 Å². The third-order valence-electron chi connectivity index (χ3n) is 3.09. The van der Waals surface area contributed by atoms with Crippen LogP contribution in [0.15, 0.2) is 24.3 Å². The molecule has 4 N–H and O–H groups in total. The minimum absolute atomic E-state index is 0. The van der Waals surface area contributed by atoms with E-state index in [2.05, 4.69) is 4.98 Å². The van der Waals surface area contributed by atoms with Crippen LogP contribution in [0.2, 0.25) is 0 Å². The molecule has 0 aliphatic rings. The van der Waals surface area contributed by atoms with E-state index in [1.807, 2.05) is 24.3 Å². The Hall–Kier alpha value is -2.80. The van der Waals surface area contributed by atoms with Crippen molar-refractivity contribution < 1.29 is 4.74 Å². The van der Waals surface area contributed by atoms with E-state index in [9.17, 15) is 10.5 Å². The first-order chi connectivity index (χ1) is 10.2. The fraction of sp³-hybridized carbons (Fsp3) is 0.133. The molecule has 0 atom stereocenters. The van der Waals surface area contributed by atoms with Gasteiger partial charge in [0.15, 0.2) is 0 Å². The summed E-state index contributed by atoms with van der Waals surface area (Å²) in [5.74, 6) is 0.137. The van der Waals surface area contributed by atoms with Gasteiger partial charge in [-0.2, -0.15) is 15.5 Å². The van der Waals surface area contributed by atoms with Crippen LogP contribution in [0.4, 0.5) is 5.82 Å². The van der Waals surface area contributed by atoms with Crippen molar-refractivity contribution in [2.75, 3.05) is 12.8 Å². The molecule has 0 radical (unpaired) electrons. The zero-order chi connectivity index (χ0) is 15.4. The van der Waals surface area contributed by atoms with Crippen LogP contribution in [0.5, 0.6) is 5.88 Å². The second-order valence-corrected chi connectivity index (χ2v) is 4.26. The van der Waals surface area contributed by atoms with E-state index in [-0.39, 0.29) is 35.2 Å². The Balaban J connectivity index is 0.00000242. The van der Waals surface area contributed by atoms with Gasteiger partial charge < -0.3 is 16.2 Å². The van der Waals surface area contributed by atoms with Crippen LogP contribution in [-0.4, -0.2) is 12.1 Å². The molecule has 2 aromatic rings. The summed E-state index contributed by atoms with van der Waals surface area (Å²) in [7, 11) is 1.40. The average molecular weight is 316 g/mol. The maximum atomic E-state index is 9.36. The molecule has 0 bridgehead atoms. The average Bonchev–Trinajstić information content (AvgIpc) is 2.53. The Bertz CT molecular complexity index is 759. The standard InChI is InChI=1S/C15H13N5O.ClH/c1-21-15-12(8-18)13(11(7-17)14(19)20-15)10-4-2-9(6-16)3-5-10;/h2-5H,6,16H2,1H3,(H2,19,20);1H. The molecule has 6 nitrogen and oxygen atoms in total. The fourth-order valence-electron chi connectivity index (χ4n) is 2.04. The van der Waals surface area contributed by atoms with E-state index in [0.29, 0.717) is 17.7 Å². The Morgan fingerprint density at radius 3 is 2.18 bits per heavy atom. The van der Waals surface area contributed by atoms with E-state index < -0.39 is 0 Å². The number of nitrogens with zero attached hydrogens (tertiary/aromatic N) is 3. The molecule has 1 aromatic carbocycles. The largest absolute Gasteiger partial charge is 0.480 e. The maximum absolute atomic E-state index is 9.36. The van der Waals surface area contributed by atoms with E-state index in [1.165, 1.54) is 7.11 Å². The van der Waals surface area contributed by atoms with Crippen molar-refractivity contribution >= 4 is 18.2 Å². The summed E-state index contributed by atoms with van der Waals surface area (Å²) in [6.07, 6.45) is 0. The second-order valence-electron chi connectivity index (χ2n) is 4.26. The van der Waals surface area contributed by atoms with Crippen molar-refractivity contribution in [3.63, 3.8) is 0 Å². The number of nitrogen functional groups attached to an aromatic ring is 1. The molecule has 0 saturated heterocycles. The molecule has 0 aliphatic heterocycles. The predicted octanol–water partition coefficient (Wildman–Crippen LogP) is 1.96. The number of methoxy groups -OCH3 is 1. The highest BCUT2D eigenvalue weighted by Gasteiger charge is 2.20. The van der Waals surface area contributed by atoms with Gasteiger partial charge in [0, 0.05) is 12.1 Å². The minimum atomic E-state index is 0. The molecule has 7 heteroatoms. The molecule has 0 fully saturated rings. The van der Waals surface area contributed by atoms with Crippen LogP contribution in [0.3, 0.4) is 0 Å². The number of ether oxygens (including phenoxy) is 1. The van der Waals surface area contributed by atoms with Crippen LogP contribution >= 0.6 is 12.4 Å². The highest BCUT2D eigenvalue weighted by Crippen LogP contribution is 2.34. The summed E-state index contributed by atoms with van der Waals surface area (Å²) in [5, 5.41) is 18.7. The molecule has 0 saturated carbocycles. The lowest BCUT2D eigenvalue weighted by atomic mass is 9.95. The van der Waals surface area contributed by atoms with Gasteiger partial charge in [-0.15, -0.1) is 12.4 Å². The van der Waals surface area contributed by atoms with Gasteiger partial charge in [0.1, 0.15) is 29.1 Å². The van der Waals surface area contributed by atoms with Crippen LogP contribution < -0.4 is 16.2 Å². The lowest BCUT2D eigenvalue weighted by molar-refractivity contribution is 0.397. The quantitative estimate of drug-likeness (QED) is 0.892. The molecule has 2 rings (SSSR count). The SMILES string of the molecule is COc1nc(N)c(C#N)c(-c2ccc(CN)cc2)c1C#N.Cl. The van der Waals surface area contributed by atoms with Crippen molar-refractivity contribution in [3.8, 4) is 29.1 Å². The Morgan fingerprint density at radius 2 is 1.73 bits per heavy atom. The molecule has 1 heterocycles. The van der Waals surface area contributed by atoms with Crippen molar-refractivity contribution in [1.29, 1.82) is 10.5 Å². The lowest BCUT2D eigenvalue weighted by Gasteiger charge is -2.12. The molecular formula is C15H14ClN5O. The van der Waals surface area contributed by atoms with Gasteiger partial charge in [0.2, 0.25) is 5.88 Å². The number of aromatic nitrogens is 1. The molecule has 0 spiro atoms. The number of benzene rings is 1. The third-order valence-corrected chi connectivity index (χ3v) is 3.09. The Labute approximate surface area is 134 Å². The summed E-state index contributed by atoms with van der Waals surface area (Å²) in [5.41, 5.74) is 13.8. The van der Waals surface area contributed by atoms with Crippen molar-refractivity contribution in [2.45, 2.75) is 6.54 Å². The zero-order valence-corrected chi connectivity index (χ0v) is 12.6. The zero-order valence-electron chi connectivity index (χ0n) is 11.8. The molecule has 22 heavy (non-hydrogen) atoms. The number of nitrogens with two attached hydrogens (primary N) is 2. The summed E-state index contributed by atoms with van der Waals surface area (Å²) in [6.45, 7) is 0.415. The van der Waals surface area contributed by atoms with E-state index >= 15 is 0 Å². The first-order valence-corrected chi connectivity index (χ1v) is 6.13. The number of halogens is 1. The minimum Gasteiger partial charge on any atom is -0.480 e. The predicted molar refractivity (Wildman–Crippen MR) is 85.2 cm³/mol. The summed E-state index contributed by atoms with van der Waals surface area (Å²) < 4.78 is 5.08. The molecule has 112 valence electrons. The molecule has 1 aromatic heterocycles. The molecule has 0 amide bonds. The lowest BCUT2D eigenvalue weighted by Crippen LogP contribution is -2.04. The number of rotatable bonds is 3. The van der Waals surface area contributed by atoms with Gasteiger partial charge in [-0.05, 0) is 11.1 Å². The first kappa shape index (κ1) is 17.3. The number of nitriles is 2. The number of hydrogen-bond acceptors (Lipinski definition) is 6. The monoisotopic (exact) mass is 315 g/mol. The van der Waals surface area contributed by atoms with E-state index in [0.717, 1.165) is 5.56 Å². The number of anilines is 1. The smallest absolute Gasteiger partial charge is 0.234 e. The van der Waals surface area contributed by atoms with E-state index in [4.69, 9.17) is 16.2 Å². The summed E-state index contributed by atoms with van der Waals surface area (Å²) >= 11 is 0. The van der Waals surface area contributed by atoms with E-state index in [1.54, 1.807) is 12.1 Å². The van der Waals surface area contributed by atoms with Gasteiger partial charge in [-0.25, -0.2) is 0 Å². The van der Waals surface area contributed by atoms with Gasteiger partial charge in [0.05, 0.1) is 7.11 Å². The Kier molecular flexibility index (Phi) is 5.71. The fourth-order valence-corrected chi connectivity index (χ4v) is 2.04.